The van der Waals surface area contributed by atoms with Crippen LogP contribution in [0.25, 0.3) is 0 Å². The topological polar surface area (TPSA) is 41.1 Å². The van der Waals surface area contributed by atoms with Crippen LogP contribution >= 0.6 is 11.3 Å². The number of aryl methyl sites for hydroxylation is 2. The Balaban J connectivity index is 2.36. The van der Waals surface area contributed by atoms with E-state index in [0.717, 1.165) is 30.8 Å². The Hall–Kier alpha value is -0.870. The van der Waals surface area contributed by atoms with E-state index in [1.807, 2.05) is 6.07 Å². The minimum atomic E-state index is 0.0519. The summed E-state index contributed by atoms with van der Waals surface area (Å²) in [4.78, 5) is 13.9. The van der Waals surface area contributed by atoms with E-state index < -0.39 is 0 Å². The SMILES string of the molecule is CCCNCCNC(=O)c1cc(CC)c(C)s1. The molecular weight excluding hydrogens is 232 g/mol. The summed E-state index contributed by atoms with van der Waals surface area (Å²) in [5, 5.41) is 6.19. The predicted molar refractivity (Wildman–Crippen MR) is 73.9 cm³/mol. The number of thiophene rings is 1. The molecule has 17 heavy (non-hydrogen) atoms. The minimum Gasteiger partial charge on any atom is -0.350 e. The molecule has 1 amide bonds. The van der Waals surface area contributed by atoms with Gasteiger partial charge in [0.25, 0.3) is 5.91 Å². The molecule has 0 aromatic carbocycles. The highest BCUT2D eigenvalue weighted by atomic mass is 32.1. The lowest BCUT2D eigenvalue weighted by Crippen LogP contribution is -2.31. The van der Waals surface area contributed by atoms with Gasteiger partial charge in [-0.15, -0.1) is 11.3 Å². The number of carbonyl (C=O) groups excluding carboxylic acids is 1. The van der Waals surface area contributed by atoms with Gasteiger partial charge < -0.3 is 10.6 Å². The monoisotopic (exact) mass is 254 g/mol. The van der Waals surface area contributed by atoms with E-state index in [-0.39, 0.29) is 5.91 Å². The zero-order valence-corrected chi connectivity index (χ0v) is 11.7. The minimum absolute atomic E-state index is 0.0519. The molecule has 0 atom stereocenters. The van der Waals surface area contributed by atoms with Crippen molar-refractivity contribution in [2.75, 3.05) is 19.6 Å². The summed E-state index contributed by atoms with van der Waals surface area (Å²) in [6.07, 6.45) is 2.12. The molecule has 1 heterocycles. The van der Waals surface area contributed by atoms with Crippen LogP contribution in [0.1, 0.15) is 40.4 Å². The molecule has 1 aromatic rings. The molecule has 0 aliphatic rings. The van der Waals surface area contributed by atoms with Crippen LogP contribution < -0.4 is 10.6 Å². The first-order chi connectivity index (χ1) is 8.19. The van der Waals surface area contributed by atoms with Crippen LogP contribution in [0.15, 0.2) is 6.07 Å². The van der Waals surface area contributed by atoms with Gasteiger partial charge in [-0.25, -0.2) is 0 Å². The molecule has 1 rings (SSSR count). The lowest BCUT2D eigenvalue weighted by molar-refractivity contribution is 0.0958. The Kier molecular flexibility index (Phi) is 6.22. The van der Waals surface area contributed by atoms with Gasteiger partial charge in [0, 0.05) is 18.0 Å². The second kappa shape index (κ2) is 7.45. The standard InChI is InChI=1S/C13H22N2OS/c1-4-6-14-7-8-15-13(16)12-9-11(5-2)10(3)17-12/h9,14H,4-8H2,1-3H3,(H,15,16). The van der Waals surface area contributed by atoms with Gasteiger partial charge in [0.15, 0.2) is 0 Å². The van der Waals surface area contributed by atoms with Gasteiger partial charge in [0.1, 0.15) is 0 Å². The van der Waals surface area contributed by atoms with Crippen LogP contribution in [-0.4, -0.2) is 25.5 Å². The van der Waals surface area contributed by atoms with Crippen molar-refractivity contribution in [1.29, 1.82) is 0 Å². The number of hydrogen-bond acceptors (Lipinski definition) is 3. The van der Waals surface area contributed by atoms with Gasteiger partial charge in [-0.05, 0) is 37.9 Å². The van der Waals surface area contributed by atoms with E-state index in [1.54, 1.807) is 11.3 Å². The maximum atomic E-state index is 11.8. The first kappa shape index (κ1) is 14.2. The van der Waals surface area contributed by atoms with E-state index in [2.05, 4.69) is 31.4 Å². The summed E-state index contributed by atoms with van der Waals surface area (Å²) in [6.45, 7) is 8.86. The number of rotatable bonds is 7. The molecular formula is C13H22N2OS. The fourth-order valence-electron chi connectivity index (χ4n) is 1.64. The summed E-state index contributed by atoms with van der Waals surface area (Å²) in [5.41, 5.74) is 1.28. The lowest BCUT2D eigenvalue weighted by atomic mass is 10.2. The van der Waals surface area contributed by atoms with Crippen LogP contribution in [0.2, 0.25) is 0 Å². The van der Waals surface area contributed by atoms with Crippen LogP contribution in [0.4, 0.5) is 0 Å². The van der Waals surface area contributed by atoms with Crippen LogP contribution in [0, 0.1) is 6.92 Å². The van der Waals surface area contributed by atoms with Crippen LogP contribution in [0.5, 0.6) is 0 Å². The molecule has 1 aromatic heterocycles. The average Bonchev–Trinajstić information content (AvgIpc) is 2.70. The summed E-state index contributed by atoms with van der Waals surface area (Å²) >= 11 is 1.58. The van der Waals surface area contributed by atoms with E-state index in [4.69, 9.17) is 0 Å². The maximum Gasteiger partial charge on any atom is 0.261 e. The Morgan fingerprint density at radius 1 is 1.29 bits per heavy atom. The molecule has 0 fully saturated rings. The Morgan fingerprint density at radius 3 is 2.65 bits per heavy atom. The van der Waals surface area contributed by atoms with Gasteiger partial charge in [-0.3, -0.25) is 4.79 Å². The highest BCUT2D eigenvalue weighted by molar-refractivity contribution is 7.14. The van der Waals surface area contributed by atoms with Gasteiger partial charge in [0.2, 0.25) is 0 Å². The van der Waals surface area contributed by atoms with Gasteiger partial charge in [-0.2, -0.15) is 0 Å². The Bertz CT molecular complexity index is 360. The van der Waals surface area contributed by atoms with Crippen molar-refractivity contribution >= 4 is 17.2 Å². The molecule has 0 bridgehead atoms. The molecule has 0 saturated heterocycles. The second-order valence-electron chi connectivity index (χ2n) is 4.05. The third-order valence-corrected chi connectivity index (χ3v) is 3.73. The first-order valence-electron chi connectivity index (χ1n) is 6.27. The lowest BCUT2D eigenvalue weighted by Gasteiger charge is -2.04. The molecule has 0 radical (unpaired) electrons. The van der Waals surface area contributed by atoms with Crippen molar-refractivity contribution in [3.8, 4) is 0 Å². The van der Waals surface area contributed by atoms with Gasteiger partial charge in [0.05, 0.1) is 4.88 Å². The molecule has 0 aliphatic heterocycles. The fraction of sp³-hybridized carbons (Fsp3) is 0.615. The van der Waals surface area contributed by atoms with Crippen molar-refractivity contribution in [1.82, 2.24) is 10.6 Å². The summed E-state index contributed by atoms with van der Waals surface area (Å²) in [5.74, 6) is 0.0519. The summed E-state index contributed by atoms with van der Waals surface area (Å²) in [6, 6.07) is 2.01. The van der Waals surface area contributed by atoms with Crippen molar-refractivity contribution < 1.29 is 4.79 Å². The van der Waals surface area contributed by atoms with Gasteiger partial charge >= 0.3 is 0 Å². The highest BCUT2D eigenvalue weighted by Gasteiger charge is 2.10. The van der Waals surface area contributed by atoms with E-state index in [0.29, 0.717) is 6.54 Å². The quantitative estimate of drug-likeness (QED) is 0.733. The molecule has 0 aliphatic carbocycles. The molecule has 0 spiro atoms. The zero-order valence-electron chi connectivity index (χ0n) is 10.9. The number of hydrogen-bond donors (Lipinski definition) is 2. The Morgan fingerprint density at radius 2 is 2.06 bits per heavy atom. The van der Waals surface area contributed by atoms with Gasteiger partial charge in [-0.1, -0.05) is 13.8 Å². The smallest absolute Gasteiger partial charge is 0.261 e. The maximum absolute atomic E-state index is 11.8. The number of amides is 1. The molecule has 0 unspecified atom stereocenters. The van der Waals surface area contributed by atoms with Crippen molar-refractivity contribution in [2.45, 2.75) is 33.6 Å². The molecule has 0 saturated carbocycles. The normalized spacial score (nSPS) is 10.5. The van der Waals surface area contributed by atoms with Crippen LogP contribution in [0.3, 0.4) is 0 Å². The van der Waals surface area contributed by atoms with E-state index in [1.165, 1.54) is 10.4 Å². The molecule has 96 valence electrons. The van der Waals surface area contributed by atoms with E-state index in [9.17, 15) is 4.79 Å². The Labute approximate surface area is 108 Å². The third-order valence-electron chi connectivity index (χ3n) is 2.64. The molecule has 2 N–H and O–H groups in total. The second-order valence-corrected chi connectivity index (χ2v) is 5.31. The number of nitrogens with one attached hydrogen (secondary N) is 2. The fourth-order valence-corrected chi connectivity index (χ4v) is 2.67. The third kappa shape index (κ3) is 4.48. The predicted octanol–water partition coefficient (Wildman–Crippen LogP) is 2.35. The zero-order chi connectivity index (χ0) is 12.7. The largest absolute Gasteiger partial charge is 0.350 e. The highest BCUT2D eigenvalue weighted by Crippen LogP contribution is 2.21. The average molecular weight is 254 g/mol. The first-order valence-corrected chi connectivity index (χ1v) is 7.08. The van der Waals surface area contributed by atoms with Crippen LogP contribution in [-0.2, 0) is 6.42 Å². The summed E-state index contributed by atoms with van der Waals surface area (Å²) < 4.78 is 0. The van der Waals surface area contributed by atoms with E-state index >= 15 is 0 Å². The van der Waals surface area contributed by atoms with Crippen molar-refractivity contribution in [3.05, 3.63) is 21.4 Å². The number of carbonyl (C=O) groups is 1. The van der Waals surface area contributed by atoms with Crippen molar-refractivity contribution in [3.63, 3.8) is 0 Å². The molecule has 4 heteroatoms. The summed E-state index contributed by atoms with van der Waals surface area (Å²) in [7, 11) is 0. The molecule has 3 nitrogen and oxygen atoms in total. The van der Waals surface area contributed by atoms with Crippen molar-refractivity contribution in [2.24, 2.45) is 0 Å².